The fourth-order valence-electron chi connectivity index (χ4n) is 2.03. The number of anilines is 1. The molecule has 0 saturated heterocycles. The number of nitrogens with zero attached hydrogens (tertiary/aromatic N) is 1. The van der Waals surface area contributed by atoms with Crippen molar-refractivity contribution >= 4 is 29.4 Å². The molecule has 1 fully saturated rings. The van der Waals surface area contributed by atoms with Gasteiger partial charge >= 0.3 is 12.1 Å². The van der Waals surface area contributed by atoms with Crippen LogP contribution in [0.4, 0.5) is 10.5 Å². The predicted octanol–water partition coefficient (Wildman–Crippen LogP) is 1.82. The molecule has 114 valence electrons. The van der Waals surface area contributed by atoms with Gasteiger partial charge < -0.3 is 20.1 Å². The number of esters is 1. The van der Waals surface area contributed by atoms with E-state index in [1.807, 2.05) is 0 Å². The summed E-state index contributed by atoms with van der Waals surface area (Å²) in [7, 11) is 2.82. The largest absolute Gasteiger partial charge is 0.465 e. The molecule has 1 aromatic rings. The number of pyridine rings is 1. The molecular weight excluding hydrogens is 298 g/mol. The number of hydrogen-bond acceptors (Lipinski definition) is 6. The van der Waals surface area contributed by atoms with Crippen LogP contribution in [0.1, 0.15) is 23.2 Å². The lowest BCUT2D eigenvalue weighted by Gasteiger charge is -2.35. The quantitative estimate of drug-likeness (QED) is 0.651. The van der Waals surface area contributed by atoms with Gasteiger partial charge in [-0.1, -0.05) is 11.6 Å². The summed E-state index contributed by atoms with van der Waals surface area (Å²) in [6.45, 7) is 0. The SMILES string of the molecule is CNC(=O)OC1CC(Nc2cc(Cl)ncc2C(=O)OC)C1. The highest BCUT2D eigenvalue weighted by Crippen LogP contribution is 2.29. The molecule has 0 unspecified atom stereocenters. The zero-order valence-electron chi connectivity index (χ0n) is 11.7. The van der Waals surface area contributed by atoms with E-state index >= 15 is 0 Å². The second-order valence-electron chi connectivity index (χ2n) is 4.63. The summed E-state index contributed by atoms with van der Waals surface area (Å²) in [5, 5.41) is 5.87. The Balaban J connectivity index is 1.97. The molecule has 0 atom stereocenters. The van der Waals surface area contributed by atoms with Gasteiger partial charge in [-0.2, -0.15) is 0 Å². The Morgan fingerprint density at radius 1 is 1.43 bits per heavy atom. The number of rotatable bonds is 4. The number of nitrogens with one attached hydrogen (secondary N) is 2. The standard InChI is InChI=1S/C13H16ClN3O4/c1-15-13(19)21-8-3-7(4-8)17-10-5-11(14)16-6-9(10)12(18)20-2/h5-8H,3-4H2,1-2H3,(H,15,19)(H,16,17). The van der Waals surface area contributed by atoms with Crippen LogP contribution in [0.3, 0.4) is 0 Å². The second-order valence-corrected chi connectivity index (χ2v) is 5.02. The van der Waals surface area contributed by atoms with Gasteiger partial charge in [-0.05, 0) is 6.07 Å². The number of aromatic nitrogens is 1. The van der Waals surface area contributed by atoms with Crippen LogP contribution in [0, 0.1) is 0 Å². The number of methoxy groups -OCH3 is 1. The molecule has 0 bridgehead atoms. The molecule has 1 aliphatic carbocycles. The summed E-state index contributed by atoms with van der Waals surface area (Å²) in [5.41, 5.74) is 0.878. The summed E-state index contributed by atoms with van der Waals surface area (Å²) in [6.07, 6.45) is 2.12. The zero-order chi connectivity index (χ0) is 15.4. The first kappa shape index (κ1) is 15.4. The summed E-state index contributed by atoms with van der Waals surface area (Å²) >= 11 is 5.84. The molecule has 1 amide bonds. The van der Waals surface area contributed by atoms with Crippen LogP contribution in [-0.4, -0.2) is 43.3 Å². The van der Waals surface area contributed by atoms with Gasteiger partial charge in [0.05, 0.1) is 12.8 Å². The van der Waals surface area contributed by atoms with E-state index in [4.69, 9.17) is 21.1 Å². The summed E-state index contributed by atoms with van der Waals surface area (Å²) in [4.78, 5) is 26.6. The second kappa shape index (κ2) is 6.62. The van der Waals surface area contributed by atoms with Gasteiger partial charge in [0.1, 0.15) is 16.8 Å². The fourth-order valence-corrected chi connectivity index (χ4v) is 2.19. The maximum atomic E-state index is 11.7. The van der Waals surface area contributed by atoms with Gasteiger partial charge in [0.2, 0.25) is 0 Å². The lowest BCUT2D eigenvalue weighted by molar-refractivity contribution is 0.0468. The molecule has 0 radical (unpaired) electrons. The normalized spacial score (nSPS) is 20.1. The minimum absolute atomic E-state index is 0.0986. The number of halogens is 1. The van der Waals surface area contributed by atoms with Crippen molar-refractivity contribution in [1.29, 1.82) is 0 Å². The van der Waals surface area contributed by atoms with E-state index in [1.165, 1.54) is 20.4 Å². The topological polar surface area (TPSA) is 89.5 Å². The van der Waals surface area contributed by atoms with Crippen molar-refractivity contribution in [3.8, 4) is 0 Å². The lowest BCUT2D eigenvalue weighted by Crippen LogP contribution is -2.43. The molecule has 0 aliphatic heterocycles. The van der Waals surface area contributed by atoms with Crippen molar-refractivity contribution in [1.82, 2.24) is 10.3 Å². The Bertz CT molecular complexity index is 546. The van der Waals surface area contributed by atoms with Gasteiger partial charge in [-0.3, -0.25) is 0 Å². The first-order valence-corrected chi connectivity index (χ1v) is 6.80. The van der Waals surface area contributed by atoms with Crippen molar-refractivity contribution in [2.75, 3.05) is 19.5 Å². The Morgan fingerprint density at radius 2 is 2.14 bits per heavy atom. The van der Waals surface area contributed by atoms with Crippen molar-refractivity contribution in [3.05, 3.63) is 23.0 Å². The van der Waals surface area contributed by atoms with Crippen LogP contribution in [-0.2, 0) is 9.47 Å². The third kappa shape index (κ3) is 3.75. The van der Waals surface area contributed by atoms with Crippen LogP contribution in [0.25, 0.3) is 0 Å². The van der Waals surface area contributed by atoms with Crippen molar-refractivity contribution < 1.29 is 19.1 Å². The minimum Gasteiger partial charge on any atom is -0.465 e. The summed E-state index contributed by atoms with van der Waals surface area (Å²) < 4.78 is 9.80. The number of carbonyl (C=O) groups is 2. The smallest absolute Gasteiger partial charge is 0.407 e. The van der Waals surface area contributed by atoms with E-state index in [9.17, 15) is 9.59 Å². The van der Waals surface area contributed by atoms with E-state index in [1.54, 1.807) is 6.07 Å². The summed E-state index contributed by atoms with van der Waals surface area (Å²) in [5.74, 6) is -0.487. The highest BCUT2D eigenvalue weighted by atomic mass is 35.5. The monoisotopic (exact) mass is 313 g/mol. The predicted molar refractivity (Wildman–Crippen MR) is 76.6 cm³/mol. The van der Waals surface area contributed by atoms with Gasteiger partial charge in [0.25, 0.3) is 0 Å². The zero-order valence-corrected chi connectivity index (χ0v) is 12.4. The van der Waals surface area contributed by atoms with E-state index in [0.29, 0.717) is 24.1 Å². The molecule has 8 heteroatoms. The Kier molecular flexibility index (Phi) is 4.85. The van der Waals surface area contributed by atoms with Gasteiger partial charge in [0, 0.05) is 32.1 Å². The fraction of sp³-hybridized carbons (Fsp3) is 0.462. The third-order valence-electron chi connectivity index (χ3n) is 3.21. The van der Waals surface area contributed by atoms with E-state index in [-0.39, 0.29) is 17.3 Å². The molecular formula is C13H16ClN3O4. The van der Waals surface area contributed by atoms with Crippen LogP contribution in [0.5, 0.6) is 0 Å². The molecule has 1 heterocycles. The molecule has 1 saturated carbocycles. The van der Waals surface area contributed by atoms with Crippen molar-refractivity contribution in [2.45, 2.75) is 25.0 Å². The molecule has 0 spiro atoms. The maximum absolute atomic E-state index is 11.7. The number of hydrogen-bond donors (Lipinski definition) is 2. The molecule has 1 aromatic heterocycles. The van der Waals surface area contributed by atoms with E-state index in [2.05, 4.69) is 15.6 Å². The highest BCUT2D eigenvalue weighted by molar-refractivity contribution is 6.29. The van der Waals surface area contributed by atoms with E-state index in [0.717, 1.165) is 0 Å². The molecule has 2 rings (SSSR count). The Labute approximate surface area is 127 Å². The average Bonchev–Trinajstić information content (AvgIpc) is 2.44. The first-order valence-electron chi connectivity index (χ1n) is 6.42. The highest BCUT2D eigenvalue weighted by Gasteiger charge is 2.32. The van der Waals surface area contributed by atoms with E-state index < -0.39 is 12.1 Å². The average molecular weight is 314 g/mol. The van der Waals surface area contributed by atoms with Crippen molar-refractivity contribution in [2.24, 2.45) is 0 Å². The van der Waals surface area contributed by atoms with Crippen LogP contribution in [0.2, 0.25) is 5.15 Å². The molecule has 1 aliphatic rings. The van der Waals surface area contributed by atoms with Gasteiger partial charge in [0.15, 0.2) is 0 Å². The molecule has 21 heavy (non-hydrogen) atoms. The molecule has 7 nitrogen and oxygen atoms in total. The molecule has 2 N–H and O–H groups in total. The maximum Gasteiger partial charge on any atom is 0.407 e. The van der Waals surface area contributed by atoms with Crippen molar-refractivity contribution in [3.63, 3.8) is 0 Å². The van der Waals surface area contributed by atoms with Crippen LogP contribution in [0.15, 0.2) is 12.3 Å². The number of carbonyl (C=O) groups excluding carboxylic acids is 2. The Hall–Kier alpha value is -2.02. The number of ether oxygens (including phenoxy) is 2. The minimum atomic E-state index is -0.487. The third-order valence-corrected chi connectivity index (χ3v) is 3.41. The van der Waals surface area contributed by atoms with Gasteiger partial charge in [-0.15, -0.1) is 0 Å². The lowest BCUT2D eigenvalue weighted by atomic mass is 9.89. The number of amides is 1. The van der Waals surface area contributed by atoms with Crippen LogP contribution >= 0.6 is 11.6 Å². The first-order chi connectivity index (χ1) is 10.0. The Morgan fingerprint density at radius 3 is 2.76 bits per heavy atom. The number of alkyl carbamates (subject to hydrolysis) is 1. The van der Waals surface area contributed by atoms with Gasteiger partial charge in [-0.25, -0.2) is 14.6 Å². The van der Waals surface area contributed by atoms with Crippen LogP contribution < -0.4 is 10.6 Å². The summed E-state index contributed by atoms with van der Waals surface area (Å²) in [6, 6.07) is 1.67. The molecule has 0 aromatic carbocycles.